The van der Waals surface area contributed by atoms with Crippen molar-refractivity contribution >= 4 is 0 Å². The Balaban J connectivity index is 1.91. The van der Waals surface area contributed by atoms with Gasteiger partial charge in [0.2, 0.25) is 0 Å². The summed E-state index contributed by atoms with van der Waals surface area (Å²) >= 11 is 0. The molecular formula is C19H24NO+. The third-order valence-electron chi connectivity index (χ3n) is 4.21. The average molecular weight is 282 g/mol. The van der Waals surface area contributed by atoms with Crippen LogP contribution in [0, 0.1) is 0 Å². The van der Waals surface area contributed by atoms with Gasteiger partial charge in [-0.2, -0.15) is 0 Å². The van der Waals surface area contributed by atoms with Crippen LogP contribution >= 0.6 is 0 Å². The Morgan fingerprint density at radius 1 is 1.00 bits per heavy atom. The fourth-order valence-corrected chi connectivity index (χ4v) is 3.13. The summed E-state index contributed by atoms with van der Waals surface area (Å²) in [5.74, 6) is 0. The van der Waals surface area contributed by atoms with Gasteiger partial charge < -0.3 is 9.22 Å². The van der Waals surface area contributed by atoms with Crippen LogP contribution < -0.4 is 0 Å². The largest absolute Gasteiger partial charge is 0.361 e. The molecule has 0 bridgehead atoms. The van der Waals surface area contributed by atoms with E-state index in [0.717, 1.165) is 11.0 Å². The maximum absolute atomic E-state index is 6.13. The monoisotopic (exact) mass is 282 g/mol. The van der Waals surface area contributed by atoms with Crippen molar-refractivity contribution in [3.63, 3.8) is 0 Å². The van der Waals surface area contributed by atoms with Crippen molar-refractivity contribution in [3.8, 4) is 0 Å². The van der Waals surface area contributed by atoms with E-state index in [2.05, 4.69) is 76.6 Å². The highest BCUT2D eigenvalue weighted by Crippen LogP contribution is 2.41. The molecule has 1 heterocycles. The Bertz CT molecular complexity index is 639. The molecule has 0 spiro atoms. The van der Waals surface area contributed by atoms with Gasteiger partial charge in [0.25, 0.3) is 0 Å². The molecule has 2 aromatic carbocycles. The molecule has 2 aromatic rings. The highest BCUT2D eigenvalue weighted by molar-refractivity contribution is 5.43. The zero-order chi connectivity index (χ0) is 15.1. The molecule has 0 saturated carbocycles. The summed E-state index contributed by atoms with van der Waals surface area (Å²) in [6.07, 6.45) is 0. The first-order valence-corrected chi connectivity index (χ1v) is 7.51. The Kier molecular flexibility index (Phi) is 3.39. The van der Waals surface area contributed by atoms with Crippen LogP contribution in [0.5, 0.6) is 0 Å². The normalized spacial score (nSPS) is 21.3. The number of quaternary nitrogens is 1. The highest BCUT2D eigenvalue weighted by atomic mass is 16.5. The van der Waals surface area contributed by atoms with E-state index < -0.39 is 0 Å². The van der Waals surface area contributed by atoms with Crippen LogP contribution in [0.1, 0.15) is 29.2 Å². The molecule has 1 aliphatic rings. The van der Waals surface area contributed by atoms with E-state index in [-0.39, 0.29) is 5.60 Å². The summed E-state index contributed by atoms with van der Waals surface area (Å²) in [6.45, 7) is 3.91. The lowest BCUT2D eigenvalue weighted by Crippen LogP contribution is -2.33. The first-order valence-electron chi connectivity index (χ1n) is 7.51. The number of fused-ring (bicyclic) bond motifs is 1. The second-order valence-corrected chi connectivity index (χ2v) is 7.12. The molecule has 0 N–H and O–H groups in total. The molecule has 0 saturated heterocycles. The quantitative estimate of drug-likeness (QED) is 0.780. The van der Waals surface area contributed by atoms with Gasteiger partial charge >= 0.3 is 0 Å². The van der Waals surface area contributed by atoms with Crippen LogP contribution in [0.4, 0.5) is 0 Å². The highest BCUT2D eigenvalue weighted by Gasteiger charge is 2.36. The van der Waals surface area contributed by atoms with Crippen molar-refractivity contribution in [3.05, 3.63) is 70.8 Å². The molecule has 21 heavy (non-hydrogen) atoms. The van der Waals surface area contributed by atoms with Gasteiger partial charge in [0.05, 0.1) is 27.7 Å². The van der Waals surface area contributed by atoms with Crippen LogP contribution in [0.15, 0.2) is 48.5 Å². The van der Waals surface area contributed by atoms with Gasteiger partial charge in [-0.1, -0.05) is 48.5 Å². The van der Waals surface area contributed by atoms with E-state index in [1.165, 1.54) is 22.3 Å². The van der Waals surface area contributed by atoms with Gasteiger partial charge in [0, 0.05) is 5.56 Å². The van der Waals surface area contributed by atoms with Crippen LogP contribution in [0.25, 0.3) is 0 Å². The summed E-state index contributed by atoms with van der Waals surface area (Å²) in [6, 6.07) is 17.4. The van der Waals surface area contributed by atoms with Crippen molar-refractivity contribution in [2.45, 2.75) is 25.7 Å². The van der Waals surface area contributed by atoms with Crippen molar-refractivity contribution < 1.29 is 9.22 Å². The van der Waals surface area contributed by atoms with Gasteiger partial charge in [-0.05, 0) is 23.6 Å². The van der Waals surface area contributed by atoms with Gasteiger partial charge in [-0.25, -0.2) is 0 Å². The lowest BCUT2D eigenvalue weighted by Gasteiger charge is -2.27. The van der Waals surface area contributed by atoms with Crippen molar-refractivity contribution in [2.75, 3.05) is 21.1 Å². The molecule has 1 atom stereocenters. The maximum Gasteiger partial charge on any atom is 0.116 e. The van der Waals surface area contributed by atoms with E-state index >= 15 is 0 Å². The predicted octanol–water partition coefficient (Wildman–Crippen LogP) is 3.69. The molecule has 0 fully saturated rings. The molecule has 0 unspecified atom stereocenters. The third-order valence-corrected chi connectivity index (χ3v) is 4.21. The van der Waals surface area contributed by atoms with Gasteiger partial charge in [-0.3, -0.25) is 0 Å². The van der Waals surface area contributed by atoms with Crippen LogP contribution in [0.3, 0.4) is 0 Å². The first kappa shape index (κ1) is 14.3. The second-order valence-electron chi connectivity index (χ2n) is 7.12. The molecule has 1 aliphatic heterocycles. The summed E-state index contributed by atoms with van der Waals surface area (Å²) in [4.78, 5) is 0. The minimum Gasteiger partial charge on any atom is -0.361 e. The lowest BCUT2D eigenvalue weighted by atomic mass is 9.87. The summed E-state index contributed by atoms with van der Waals surface area (Å²) < 4.78 is 7.07. The smallest absolute Gasteiger partial charge is 0.116 e. The Morgan fingerprint density at radius 3 is 2.33 bits per heavy atom. The van der Waals surface area contributed by atoms with Gasteiger partial charge in [0.1, 0.15) is 12.1 Å². The zero-order valence-electron chi connectivity index (χ0n) is 13.4. The number of benzene rings is 2. The number of hydrogen-bond acceptors (Lipinski definition) is 1. The molecular weight excluding hydrogens is 258 g/mol. The number of hydrogen-bond donors (Lipinski definition) is 0. The van der Waals surface area contributed by atoms with Crippen molar-refractivity contribution in [1.29, 1.82) is 0 Å². The summed E-state index contributed by atoms with van der Waals surface area (Å²) in [5, 5.41) is 0. The summed E-state index contributed by atoms with van der Waals surface area (Å²) in [7, 11) is 6.64. The molecule has 110 valence electrons. The topological polar surface area (TPSA) is 9.23 Å². The minimum atomic E-state index is -0.314. The van der Waals surface area contributed by atoms with E-state index in [9.17, 15) is 0 Å². The summed E-state index contributed by atoms with van der Waals surface area (Å²) in [5.41, 5.74) is 4.88. The number of rotatable bonds is 3. The SMILES string of the molecule is C[C@@]1(c2ccc(C[N+](C)(C)C)cc2)OCc2ccccc21. The van der Waals surface area contributed by atoms with Gasteiger partial charge in [0.15, 0.2) is 0 Å². The fourth-order valence-electron chi connectivity index (χ4n) is 3.13. The van der Waals surface area contributed by atoms with E-state index in [1.54, 1.807) is 0 Å². The van der Waals surface area contributed by atoms with Crippen molar-refractivity contribution in [2.24, 2.45) is 0 Å². The second kappa shape index (κ2) is 4.97. The molecule has 2 nitrogen and oxygen atoms in total. The van der Waals surface area contributed by atoms with E-state index in [4.69, 9.17) is 4.74 Å². The molecule has 2 heteroatoms. The van der Waals surface area contributed by atoms with Gasteiger partial charge in [-0.15, -0.1) is 0 Å². The average Bonchev–Trinajstić information content (AvgIpc) is 2.77. The molecule has 3 rings (SSSR count). The van der Waals surface area contributed by atoms with E-state index in [1.807, 2.05) is 0 Å². The first-order chi connectivity index (χ1) is 9.88. The molecule has 0 amide bonds. The maximum atomic E-state index is 6.13. The number of nitrogens with zero attached hydrogens (tertiary/aromatic N) is 1. The Labute approximate surface area is 127 Å². The Hall–Kier alpha value is -1.64. The van der Waals surface area contributed by atoms with Crippen LogP contribution in [0.2, 0.25) is 0 Å². The Morgan fingerprint density at radius 2 is 1.67 bits per heavy atom. The lowest BCUT2D eigenvalue weighted by molar-refractivity contribution is -0.884. The molecule has 0 aliphatic carbocycles. The zero-order valence-corrected chi connectivity index (χ0v) is 13.4. The third kappa shape index (κ3) is 2.74. The predicted molar refractivity (Wildman–Crippen MR) is 85.9 cm³/mol. The minimum absolute atomic E-state index is 0.314. The standard InChI is InChI=1S/C19H24NO/c1-19(18-8-6-5-7-16(18)14-21-19)17-11-9-15(10-12-17)13-20(2,3)4/h5-12H,13-14H2,1-4H3/q+1/t19-/m0/s1. The number of ether oxygens (including phenoxy) is 1. The fraction of sp³-hybridized carbons (Fsp3) is 0.368. The van der Waals surface area contributed by atoms with Crippen molar-refractivity contribution in [1.82, 2.24) is 0 Å². The molecule has 0 radical (unpaired) electrons. The van der Waals surface area contributed by atoms with Crippen LogP contribution in [-0.4, -0.2) is 25.6 Å². The van der Waals surface area contributed by atoms with Crippen LogP contribution in [-0.2, 0) is 23.5 Å². The van der Waals surface area contributed by atoms with E-state index in [0.29, 0.717) is 6.61 Å². The molecule has 0 aromatic heterocycles.